The number of aromatic nitrogens is 2. The third-order valence-corrected chi connectivity index (χ3v) is 4.87. The van der Waals surface area contributed by atoms with Crippen molar-refractivity contribution in [3.05, 3.63) is 66.2 Å². The van der Waals surface area contributed by atoms with Crippen LogP contribution < -0.4 is 4.74 Å². The van der Waals surface area contributed by atoms with E-state index >= 15 is 0 Å². The zero-order chi connectivity index (χ0) is 19.3. The summed E-state index contributed by atoms with van der Waals surface area (Å²) in [6.45, 7) is 1.83. The number of hydrogen-bond acceptors (Lipinski definition) is 5. The zero-order valence-corrected chi connectivity index (χ0v) is 15.5. The summed E-state index contributed by atoms with van der Waals surface area (Å²) >= 11 is 0. The number of amides is 1. The van der Waals surface area contributed by atoms with Crippen LogP contribution >= 0.6 is 0 Å². The van der Waals surface area contributed by atoms with E-state index in [0.29, 0.717) is 31.3 Å². The zero-order valence-electron chi connectivity index (χ0n) is 15.5. The van der Waals surface area contributed by atoms with E-state index < -0.39 is 0 Å². The summed E-state index contributed by atoms with van der Waals surface area (Å²) in [7, 11) is 0. The van der Waals surface area contributed by atoms with E-state index in [9.17, 15) is 4.79 Å². The molecule has 0 saturated carbocycles. The van der Waals surface area contributed by atoms with Crippen molar-refractivity contribution in [1.29, 1.82) is 0 Å². The molecule has 1 amide bonds. The van der Waals surface area contributed by atoms with Gasteiger partial charge in [0, 0.05) is 31.3 Å². The van der Waals surface area contributed by atoms with E-state index in [1.54, 1.807) is 16.8 Å². The number of hydrogen-bond donors (Lipinski definition) is 1. The number of para-hydroxylation sites is 1. The lowest BCUT2D eigenvalue weighted by Gasteiger charge is -2.31. The van der Waals surface area contributed by atoms with Gasteiger partial charge in [-0.15, -0.1) is 0 Å². The molecule has 0 spiro atoms. The first kappa shape index (κ1) is 18.3. The van der Waals surface area contributed by atoms with Crippen LogP contribution in [-0.4, -0.2) is 45.4 Å². The molecule has 3 heterocycles. The molecule has 7 heteroatoms. The smallest absolute Gasteiger partial charge is 0.290 e. The fourth-order valence-electron chi connectivity index (χ4n) is 3.48. The normalized spacial score (nSPS) is 16.9. The van der Waals surface area contributed by atoms with Gasteiger partial charge in [-0.2, -0.15) is 5.10 Å². The van der Waals surface area contributed by atoms with E-state index in [1.807, 2.05) is 47.5 Å². The largest absolute Gasteiger partial charge is 0.426 e. The third kappa shape index (κ3) is 4.09. The van der Waals surface area contributed by atoms with Crippen LogP contribution in [0.3, 0.4) is 0 Å². The fourth-order valence-corrected chi connectivity index (χ4v) is 3.48. The molecule has 1 N–H and O–H groups in total. The molecular weight excluding hydrogens is 358 g/mol. The van der Waals surface area contributed by atoms with E-state index in [2.05, 4.69) is 5.10 Å². The summed E-state index contributed by atoms with van der Waals surface area (Å²) in [5.74, 6) is 1.28. The average Bonchev–Trinajstić information content (AvgIpc) is 3.39. The molecule has 1 aliphatic heterocycles. The van der Waals surface area contributed by atoms with Crippen molar-refractivity contribution < 1.29 is 19.1 Å². The van der Waals surface area contributed by atoms with Crippen LogP contribution in [0.2, 0.25) is 0 Å². The van der Waals surface area contributed by atoms with Gasteiger partial charge in [0.25, 0.3) is 11.9 Å². The molecule has 1 saturated heterocycles. The third-order valence-electron chi connectivity index (χ3n) is 4.87. The second kappa shape index (κ2) is 8.31. The van der Waals surface area contributed by atoms with E-state index in [1.165, 1.54) is 0 Å². The molecule has 2 aromatic heterocycles. The van der Waals surface area contributed by atoms with Gasteiger partial charge in [-0.1, -0.05) is 18.2 Å². The molecule has 1 unspecified atom stereocenters. The van der Waals surface area contributed by atoms with Gasteiger partial charge < -0.3 is 19.2 Å². The molecule has 0 radical (unpaired) electrons. The van der Waals surface area contributed by atoms with Crippen LogP contribution in [0.15, 0.2) is 59.1 Å². The predicted octanol–water partition coefficient (Wildman–Crippen LogP) is 3.28. The quantitative estimate of drug-likeness (QED) is 0.709. The molecule has 0 bridgehead atoms. The van der Waals surface area contributed by atoms with Gasteiger partial charge in [0.05, 0.1) is 18.8 Å². The Labute approximate surface area is 163 Å². The molecule has 28 heavy (non-hydrogen) atoms. The summed E-state index contributed by atoms with van der Waals surface area (Å²) in [6.07, 6.45) is 3.77. The summed E-state index contributed by atoms with van der Waals surface area (Å²) in [5.41, 5.74) is 0.957. The number of furan rings is 1. The lowest BCUT2D eigenvalue weighted by molar-refractivity contribution is 0.0668. The molecule has 3 aromatic rings. The molecular formula is C21H23N3O4. The van der Waals surface area contributed by atoms with E-state index in [-0.39, 0.29) is 24.2 Å². The Bertz CT molecular complexity index is 919. The molecule has 1 aromatic carbocycles. The number of ether oxygens (including phenoxy) is 1. The Kier molecular flexibility index (Phi) is 5.43. The summed E-state index contributed by atoms with van der Waals surface area (Å²) in [4.78, 5) is 14.7. The summed E-state index contributed by atoms with van der Waals surface area (Å²) < 4.78 is 13.0. The van der Waals surface area contributed by atoms with Gasteiger partial charge in [-0.05, 0) is 37.1 Å². The molecule has 4 rings (SSSR count). The number of nitrogens with zero attached hydrogens (tertiary/aromatic N) is 3. The van der Waals surface area contributed by atoms with E-state index in [0.717, 1.165) is 18.5 Å². The second-order valence-corrected chi connectivity index (χ2v) is 6.85. The summed E-state index contributed by atoms with van der Waals surface area (Å²) in [5, 5.41) is 13.6. The number of rotatable bonds is 6. The highest BCUT2D eigenvalue weighted by molar-refractivity contribution is 5.91. The van der Waals surface area contributed by atoms with Gasteiger partial charge in [-0.3, -0.25) is 9.48 Å². The van der Waals surface area contributed by atoms with Gasteiger partial charge in [0.1, 0.15) is 5.75 Å². The molecule has 1 aliphatic rings. The van der Waals surface area contributed by atoms with Gasteiger partial charge in [0.2, 0.25) is 0 Å². The van der Waals surface area contributed by atoms with Crippen LogP contribution in [0.5, 0.6) is 11.7 Å². The summed E-state index contributed by atoms with van der Waals surface area (Å²) in [6, 6.07) is 14.6. The van der Waals surface area contributed by atoms with Crippen LogP contribution in [0.1, 0.15) is 35.0 Å². The molecule has 0 aliphatic carbocycles. The predicted molar refractivity (Wildman–Crippen MR) is 102 cm³/mol. The highest BCUT2D eigenvalue weighted by Gasteiger charge is 2.28. The minimum atomic E-state index is -0.137. The Hall–Kier alpha value is -3.06. The maximum Gasteiger partial charge on any atom is 0.290 e. The number of carbonyl (C=O) groups excluding carboxylic acids is 1. The average molecular weight is 381 g/mol. The molecule has 1 fully saturated rings. The molecule has 1 atom stereocenters. The van der Waals surface area contributed by atoms with Crippen LogP contribution in [0.25, 0.3) is 0 Å². The van der Waals surface area contributed by atoms with Crippen molar-refractivity contribution >= 4 is 5.91 Å². The number of benzene rings is 1. The van der Waals surface area contributed by atoms with Crippen molar-refractivity contribution in [3.8, 4) is 11.7 Å². The highest BCUT2D eigenvalue weighted by atomic mass is 16.6. The topological polar surface area (TPSA) is 80.7 Å². The molecule has 7 nitrogen and oxygen atoms in total. The Balaban J connectivity index is 1.41. The van der Waals surface area contributed by atoms with Crippen molar-refractivity contribution in [1.82, 2.24) is 14.7 Å². The van der Waals surface area contributed by atoms with Gasteiger partial charge >= 0.3 is 0 Å². The van der Waals surface area contributed by atoms with Gasteiger partial charge in [0.15, 0.2) is 5.76 Å². The van der Waals surface area contributed by atoms with Crippen molar-refractivity contribution in [3.63, 3.8) is 0 Å². The highest BCUT2D eigenvalue weighted by Crippen LogP contribution is 2.28. The maximum atomic E-state index is 12.9. The first-order valence-corrected chi connectivity index (χ1v) is 9.49. The Morgan fingerprint density at radius 2 is 2.07 bits per heavy atom. The van der Waals surface area contributed by atoms with Crippen LogP contribution in [-0.2, 0) is 6.54 Å². The van der Waals surface area contributed by atoms with Gasteiger partial charge in [-0.25, -0.2) is 0 Å². The minimum Gasteiger partial charge on any atom is -0.426 e. The van der Waals surface area contributed by atoms with Crippen molar-refractivity contribution in [2.75, 3.05) is 19.7 Å². The van der Waals surface area contributed by atoms with E-state index in [4.69, 9.17) is 14.3 Å². The SMILES string of the molecule is O=C(c1ccc(Oc2ccccc2)o1)N1CCCC(c2ccn(CCO)n2)C1. The maximum absolute atomic E-state index is 12.9. The van der Waals surface area contributed by atoms with Crippen LogP contribution in [0.4, 0.5) is 0 Å². The first-order chi connectivity index (χ1) is 13.7. The number of aliphatic hydroxyl groups excluding tert-OH is 1. The second-order valence-electron chi connectivity index (χ2n) is 6.85. The molecule has 146 valence electrons. The monoisotopic (exact) mass is 381 g/mol. The number of aliphatic hydroxyl groups is 1. The van der Waals surface area contributed by atoms with Crippen molar-refractivity contribution in [2.45, 2.75) is 25.3 Å². The number of carbonyl (C=O) groups is 1. The lowest BCUT2D eigenvalue weighted by atomic mass is 9.95. The number of piperidine rings is 1. The standard InChI is InChI=1S/C21H23N3O4/c25-14-13-24-12-10-18(22-24)16-5-4-11-23(15-16)21(26)19-8-9-20(28-19)27-17-6-2-1-3-7-17/h1-3,6-10,12,16,25H,4-5,11,13-15H2. The number of likely N-dealkylation sites (tertiary alicyclic amines) is 1. The lowest BCUT2D eigenvalue weighted by Crippen LogP contribution is -2.39. The fraction of sp³-hybridized carbons (Fsp3) is 0.333. The van der Waals surface area contributed by atoms with Crippen molar-refractivity contribution in [2.24, 2.45) is 0 Å². The Morgan fingerprint density at radius 3 is 2.89 bits per heavy atom. The van der Waals surface area contributed by atoms with Crippen LogP contribution in [0, 0.1) is 0 Å². The first-order valence-electron chi connectivity index (χ1n) is 9.49. The Morgan fingerprint density at radius 1 is 1.21 bits per heavy atom. The minimum absolute atomic E-state index is 0.0578.